The zero-order valence-corrected chi connectivity index (χ0v) is 10.2. The molecule has 1 aromatic carbocycles. The molecule has 1 aromatic heterocycles. The van der Waals surface area contributed by atoms with E-state index in [2.05, 4.69) is 15.4 Å². The number of nitrogens with one attached hydrogen (secondary N) is 1. The lowest BCUT2D eigenvalue weighted by Crippen LogP contribution is -2.10. The molecule has 0 spiro atoms. The lowest BCUT2D eigenvalue weighted by atomic mass is 10.3. The van der Waals surface area contributed by atoms with Crippen molar-refractivity contribution in [3.63, 3.8) is 0 Å². The zero-order valence-electron chi connectivity index (χ0n) is 9.41. The third-order valence-electron chi connectivity index (χ3n) is 2.11. The van der Waals surface area contributed by atoms with Gasteiger partial charge in [0.1, 0.15) is 0 Å². The maximum absolute atomic E-state index is 10.9. The second kappa shape index (κ2) is 5.46. The monoisotopic (exact) mass is 281 g/mol. The molecule has 3 N–H and O–H groups in total. The molecule has 1 heterocycles. The summed E-state index contributed by atoms with van der Waals surface area (Å²) in [6, 6.07) is 5.64. The van der Waals surface area contributed by atoms with Gasteiger partial charge < -0.3 is 4.74 Å². The molecule has 0 aliphatic heterocycles. The number of para-hydroxylation sites is 1. The number of ether oxygens (including phenoxy) is 1. The molecular formula is C10H8ClN5O3. The highest BCUT2D eigenvalue weighted by Crippen LogP contribution is 2.37. The molecule has 2 rings (SSSR count). The Bertz CT molecular complexity index is 622. The van der Waals surface area contributed by atoms with Crippen LogP contribution in [0.5, 0.6) is 11.6 Å². The molecule has 8 nitrogen and oxygen atoms in total. The van der Waals surface area contributed by atoms with Gasteiger partial charge in [0.25, 0.3) is 0 Å². The number of rotatable bonds is 4. The van der Waals surface area contributed by atoms with E-state index in [0.29, 0.717) is 0 Å². The summed E-state index contributed by atoms with van der Waals surface area (Å²) < 4.78 is 5.32. The summed E-state index contributed by atoms with van der Waals surface area (Å²) in [4.78, 5) is 18.0. The lowest BCUT2D eigenvalue weighted by Gasteiger charge is -2.07. The summed E-state index contributed by atoms with van der Waals surface area (Å²) in [6.07, 6.45) is 1.39. The van der Waals surface area contributed by atoms with Gasteiger partial charge in [0.2, 0.25) is 17.6 Å². The van der Waals surface area contributed by atoms with Crippen LogP contribution in [-0.4, -0.2) is 14.9 Å². The number of aromatic nitrogens is 2. The smallest absolute Gasteiger partial charge is 0.313 e. The van der Waals surface area contributed by atoms with E-state index in [1.165, 1.54) is 30.5 Å². The van der Waals surface area contributed by atoms with E-state index < -0.39 is 4.92 Å². The minimum Gasteiger partial charge on any atom is -0.430 e. The molecule has 0 saturated heterocycles. The fourth-order valence-electron chi connectivity index (χ4n) is 1.32. The third kappa shape index (κ3) is 2.87. The molecule has 2 aromatic rings. The number of hydrogen-bond donors (Lipinski definition) is 2. The van der Waals surface area contributed by atoms with Crippen molar-refractivity contribution in [2.24, 2.45) is 5.84 Å². The van der Waals surface area contributed by atoms with Gasteiger partial charge in [-0.25, -0.2) is 10.8 Å². The van der Waals surface area contributed by atoms with Crippen LogP contribution in [0, 0.1) is 10.1 Å². The predicted octanol–water partition coefficient (Wildman–Crippen LogP) is 2.12. The number of nitro groups is 1. The quantitative estimate of drug-likeness (QED) is 0.501. The Morgan fingerprint density at radius 1 is 1.42 bits per heavy atom. The molecule has 0 fully saturated rings. The molecule has 19 heavy (non-hydrogen) atoms. The molecule has 0 bridgehead atoms. The first-order valence-corrected chi connectivity index (χ1v) is 5.40. The van der Waals surface area contributed by atoms with Gasteiger partial charge in [0, 0.05) is 18.3 Å². The number of nitrogen functional groups attached to an aromatic ring is 1. The van der Waals surface area contributed by atoms with E-state index >= 15 is 0 Å². The first kappa shape index (κ1) is 13.0. The number of nitrogens with zero attached hydrogens (tertiary/aromatic N) is 3. The van der Waals surface area contributed by atoms with Gasteiger partial charge in [0.05, 0.1) is 9.95 Å². The van der Waals surface area contributed by atoms with Crippen LogP contribution < -0.4 is 16.0 Å². The van der Waals surface area contributed by atoms with Crippen molar-refractivity contribution in [1.29, 1.82) is 0 Å². The molecule has 0 unspecified atom stereocenters. The minimum atomic E-state index is -0.593. The predicted molar refractivity (Wildman–Crippen MR) is 68.0 cm³/mol. The summed E-state index contributed by atoms with van der Waals surface area (Å²) in [5.41, 5.74) is 1.98. The average molecular weight is 282 g/mol. The van der Waals surface area contributed by atoms with Crippen LogP contribution in [0.15, 0.2) is 30.5 Å². The maximum Gasteiger partial charge on any atom is 0.313 e. The number of hydrazine groups is 1. The zero-order chi connectivity index (χ0) is 13.8. The fourth-order valence-corrected chi connectivity index (χ4v) is 1.52. The van der Waals surface area contributed by atoms with Crippen LogP contribution in [0.25, 0.3) is 0 Å². The molecule has 98 valence electrons. The topological polar surface area (TPSA) is 116 Å². The summed E-state index contributed by atoms with van der Waals surface area (Å²) in [6.45, 7) is 0. The van der Waals surface area contributed by atoms with Crippen molar-refractivity contribution >= 4 is 23.2 Å². The highest BCUT2D eigenvalue weighted by molar-refractivity contribution is 6.32. The van der Waals surface area contributed by atoms with E-state index in [1.54, 1.807) is 0 Å². The van der Waals surface area contributed by atoms with Crippen LogP contribution in [0.4, 0.5) is 11.6 Å². The normalized spacial score (nSPS) is 10.0. The largest absolute Gasteiger partial charge is 0.430 e. The molecule has 9 heteroatoms. The Morgan fingerprint density at radius 3 is 2.89 bits per heavy atom. The molecule has 0 atom stereocenters. The van der Waals surface area contributed by atoms with E-state index in [-0.39, 0.29) is 28.3 Å². The van der Waals surface area contributed by atoms with E-state index in [0.717, 1.165) is 0 Å². The third-order valence-corrected chi connectivity index (χ3v) is 2.41. The van der Waals surface area contributed by atoms with Crippen molar-refractivity contribution in [3.8, 4) is 11.6 Å². The van der Waals surface area contributed by atoms with E-state index in [1.807, 2.05) is 0 Å². The molecule has 0 radical (unpaired) electrons. The standard InChI is InChI=1S/C10H8ClN5O3/c11-6-2-1-3-7(16(17)18)9(6)19-8-4-5-13-10(14-8)15-12/h1-5H,12H2,(H,13,14,15). The Hall–Kier alpha value is -2.45. The van der Waals surface area contributed by atoms with Crippen LogP contribution in [-0.2, 0) is 0 Å². The van der Waals surface area contributed by atoms with Crippen LogP contribution in [0.3, 0.4) is 0 Å². The Labute approximate surface area is 112 Å². The van der Waals surface area contributed by atoms with Crippen LogP contribution in [0.2, 0.25) is 5.02 Å². The van der Waals surface area contributed by atoms with Crippen molar-refractivity contribution in [2.45, 2.75) is 0 Å². The number of halogens is 1. The average Bonchev–Trinajstić information content (AvgIpc) is 2.41. The van der Waals surface area contributed by atoms with Gasteiger partial charge >= 0.3 is 5.69 Å². The molecule has 0 aliphatic rings. The van der Waals surface area contributed by atoms with Gasteiger partial charge in [-0.1, -0.05) is 17.7 Å². The molecule has 0 saturated carbocycles. The van der Waals surface area contributed by atoms with Crippen LogP contribution in [0.1, 0.15) is 0 Å². The van der Waals surface area contributed by atoms with Gasteiger partial charge in [-0.05, 0) is 6.07 Å². The number of hydrogen-bond acceptors (Lipinski definition) is 7. The second-order valence-corrected chi connectivity index (χ2v) is 3.72. The van der Waals surface area contributed by atoms with Crippen LogP contribution >= 0.6 is 11.6 Å². The number of nitrogens with two attached hydrogens (primary N) is 1. The number of benzene rings is 1. The number of nitro benzene ring substituents is 1. The van der Waals surface area contributed by atoms with Gasteiger partial charge in [-0.3, -0.25) is 15.5 Å². The summed E-state index contributed by atoms with van der Waals surface area (Å²) in [5.74, 6) is 5.27. The SMILES string of the molecule is NNc1nccc(Oc2c(Cl)cccc2[N+](=O)[O-])n1. The van der Waals surface area contributed by atoms with Gasteiger partial charge in [-0.2, -0.15) is 4.98 Å². The summed E-state index contributed by atoms with van der Waals surface area (Å²) in [5, 5.41) is 11.0. The Kier molecular flexibility index (Phi) is 3.74. The Morgan fingerprint density at radius 2 is 2.21 bits per heavy atom. The maximum atomic E-state index is 10.9. The second-order valence-electron chi connectivity index (χ2n) is 3.31. The minimum absolute atomic E-state index is 0.0825. The van der Waals surface area contributed by atoms with E-state index in [9.17, 15) is 10.1 Å². The van der Waals surface area contributed by atoms with Crippen molar-refractivity contribution in [3.05, 3.63) is 45.6 Å². The molecular weight excluding hydrogens is 274 g/mol. The van der Waals surface area contributed by atoms with Crippen molar-refractivity contribution < 1.29 is 9.66 Å². The summed E-state index contributed by atoms with van der Waals surface area (Å²) in [7, 11) is 0. The van der Waals surface area contributed by atoms with Crippen molar-refractivity contribution in [1.82, 2.24) is 9.97 Å². The molecule has 0 aliphatic carbocycles. The first-order chi connectivity index (χ1) is 9.11. The molecule has 0 amide bonds. The number of anilines is 1. The highest BCUT2D eigenvalue weighted by atomic mass is 35.5. The Balaban J connectivity index is 2.40. The van der Waals surface area contributed by atoms with E-state index in [4.69, 9.17) is 22.2 Å². The van der Waals surface area contributed by atoms with Gasteiger partial charge in [-0.15, -0.1) is 0 Å². The highest BCUT2D eigenvalue weighted by Gasteiger charge is 2.19. The van der Waals surface area contributed by atoms with Gasteiger partial charge in [0.15, 0.2) is 0 Å². The fraction of sp³-hybridized carbons (Fsp3) is 0. The van der Waals surface area contributed by atoms with Crippen molar-refractivity contribution in [2.75, 3.05) is 5.43 Å². The first-order valence-electron chi connectivity index (χ1n) is 5.02. The summed E-state index contributed by atoms with van der Waals surface area (Å²) >= 11 is 5.88. The lowest BCUT2D eigenvalue weighted by molar-refractivity contribution is -0.385.